The summed E-state index contributed by atoms with van der Waals surface area (Å²) >= 11 is 0. The smallest absolute Gasteiger partial charge is 0.250 e. The molecule has 0 heterocycles. The molecule has 0 aliphatic carbocycles. The van der Waals surface area contributed by atoms with Crippen molar-refractivity contribution in [1.82, 2.24) is 4.90 Å². The minimum atomic E-state index is -0.306. The molecule has 0 radical (unpaired) electrons. The molecule has 0 rings (SSSR count). The Labute approximate surface area is 75.7 Å². The van der Waals surface area contributed by atoms with E-state index in [1.165, 1.54) is 4.90 Å². The van der Waals surface area contributed by atoms with Gasteiger partial charge in [-0.15, -0.1) is 0 Å². The summed E-state index contributed by atoms with van der Waals surface area (Å²) < 4.78 is 5.07. The van der Waals surface area contributed by atoms with Crippen molar-refractivity contribution in [2.24, 2.45) is 0 Å². The van der Waals surface area contributed by atoms with E-state index in [0.29, 0.717) is 6.61 Å². The molecule has 1 amide bonds. The number of carbonyl (C=O) groups excluding carboxylic acids is 1. The molecule has 74 valence electrons. The van der Waals surface area contributed by atoms with Crippen molar-refractivity contribution in [3.05, 3.63) is 0 Å². The maximum atomic E-state index is 11.0. The minimum absolute atomic E-state index is 0.0156. The molecule has 1 unspecified atom stereocenters. The van der Waals surface area contributed by atoms with Gasteiger partial charge in [-0.05, 0) is 13.8 Å². The van der Waals surface area contributed by atoms with Crippen LogP contribution in [0.3, 0.4) is 0 Å². The number of nitrogens with zero attached hydrogens (tertiary/aromatic N) is 1. The van der Waals surface area contributed by atoms with Crippen molar-refractivity contribution < 1.29 is 9.53 Å². The Kier molecular flexibility index (Phi) is 9.93. The van der Waals surface area contributed by atoms with Crippen LogP contribution in [0.5, 0.6) is 0 Å². The third-order valence-corrected chi connectivity index (χ3v) is 1.21. The zero-order valence-electron chi connectivity index (χ0n) is 9.05. The molecule has 1 atom stereocenters. The second-order valence-electron chi connectivity index (χ2n) is 2.33. The first-order chi connectivity index (χ1) is 5.59. The summed E-state index contributed by atoms with van der Waals surface area (Å²) in [6.07, 6.45) is -0.306. The van der Waals surface area contributed by atoms with Gasteiger partial charge in [-0.1, -0.05) is 13.8 Å². The second-order valence-corrected chi connectivity index (χ2v) is 2.33. The normalized spacial score (nSPS) is 11.2. The molecule has 0 saturated carbocycles. The number of ether oxygens (including phenoxy) is 1. The maximum Gasteiger partial charge on any atom is 0.250 e. The first-order valence-corrected chi connectivity index (χ1v) is 4.42. The Morgan fingerprint density at radius 1 is 1.42 bits per heavy atom. The number of hydrogen-bond donors (Lipinski definition) is 0. The van der Waals surface area contributed by atoms with E-state index in [4.69, 9.17) is 4.74 Å². The number of amides is 1. The number of carbonyl (C=O) groups is 1. The Morgan fingerprint density at radius 3 is 2.08 bits per heavy atom. The van der Waals surface area contributed by atoms with Gasteiger partial charge in [0.2, 0.25) is 0 Å². The zero-order chi connectivity index (χ0) is 10.1. The number of likely N-dealkylation sites (N-methyl/N-ethyl adjacent to an activating group) is 1. The SMILES string of the molecule is CC.CCOC(C)C(=O)N(C)C. The van der Waals surface area contributed by atoms with Gasteiger partial charge in [0.25, 0.3) is 5.91 Å². The van der Waals surface area contributed by atoms with Crippen LogP contribution >= 0.6 is 0 Å². The fourth-order valence-corrected chi connectivity index (χ4v) is 0.685. The molecule has 0 N–H and O–H groups in total. The van der Waals surface area contributed by atoms with Crippen LogP contribution in [0.1, 0.15) is 27.7 Å². The lowest BCUT2D eigenvalue weighted by Gasteiger charge is -2.15. The Hall–Kier alpha value is -0.570. The summed E-state index contributed by atoms with van der Waals surface area (Å²) in [6, 6.07) is 0. The van der Waals surface area contributed by atoms with Gasteiger partial charge in [-0.3, -0.25) is 4.79 Å². The molecule has 0 aliphatic heterocycles. The van der Waals surface area contributed by atoms with Crippen molar-refractivity contribution in [3.8, 4) is 0 Å². The highest BCUT2D eigenvalue weighted by Gasteiger charge is 2.13. The van der Waals surface area contributed by atoms with Crippen molar-refractivity contribution in [2.45, 2.75) is 33.8 Å². The highest BCUT2D eigenvalue weighted by Crippen LogP contribution is 1.93. The first-order valence-electron chi connectivity index (χ1n) is 4.42. The predicted octanol–water partition coefficient (Wildman–Crippen LogP) is 1.53. The van der Waals surface area contributed by atoms with E-state index in [2.05, 4.69) is 0 Å². The quantitative estimate of drug-likeness (QED) is 0.651. The van der Waals surface area contributed by atoms with E-state index in [1.807, 2.05) is 20.8 Å². The molecular weight excluding hydrogens is 154 g/mol. The van der Waals surface area contributed by atoms with Gasteiger partial charge in [0.1, 0.15) is 6.10 Å². The summed E-state index contributed by atoms with van der Waals surface area (Å²) in [5.74, 6) is 0.0156. The van der Waals surface area contributed by atoms with Gasteiger partial charge >= 0.3 is 0 Å². The molecule has 0 spiro atoms. The summed E-state index contributed by atoms with van der Waals surface area (Å²) in [7, 11) is 3.44. The fraction of sp³-hybridized carbons (Fsp3) is 0.889. The fourth-order valence-electron chi connectivity index (χ4n) is 0.685. The van der Waals surface area contributed by atoms with Crippen molar-refractivity contribution >= 4 is 5.91 Å². The van der Waals surface area contributed by atoms with Gasteiger partial charge in [0.05, 0.1) is 0 Å². The standard InChI is InChI=1S/C7H15NO2.C2H6/c1-5-10-6(2)7(9)8(3)4;1-2/h6H,5H2,1-4H3;1-2H3. The highest BCUT2D eigenvalue weighted by molar-refractivity contribution is 5.79. The van der Waals surface area contributed by atoms with Gasteiger partial charge in [-0.2, -0.15) is 0 Å². The molecule has 3 heteroatoms. The van der Waals surface area contributed by atoms with Crippen LogP contribution in [0.4, 0.5) is 0 Å². The third kappa shape index (κ3) is 6.16. The molecule has 0 bridgehead atoms. The van der Waals surface area contributed by atoms with E-state index in [1.54, 1.807) is 21.0 Å². The van der Waals surface area contributed by atoms with Crippen LogP contribution in [0.25, 0.3) is 0 Å². The Morgan fingerprint density at radius 2 is 1.83 bits per heavy atom. The summed E-state index contributed by atoms with van der Waals surface area (Å²) in [5.41, 5.74) is 0. The minimum Gasteiger partial charge on any atom is -0.369 e. The molecule has 0 aromatic carbocycles. The van der Waals surface area contributed by atoms with Gasteiger partial charge in [0.15, 0.2) is 0 Å². The summed E-state index contributed by atoms with van der Waals surface area (Å²) in [5, 5.41) is 0. The van der Waals surface area contributed by atoms with E-state index < -0.39 is 0 Å². The van der Waals surface area contributed by atoms with E-state index in [0.717, 1.165) is 0 Å². The molecule has 0 aromatic heterocycles. The van der Waals surface area contributed by atoms with Crippen LogP contribution in [0.2, 0.25) is 0 Å². The topological polar surface area (TPSA) is 29.5 Å². The average molecular weight is 175 g/mol. The third-order valence-electron chi connectivity index (χ3n) is 1.21. The predicted molar refractivity (Wildman–Crippen MR) is 51.1 cm³/mol. The van der Waals surface area contributed by atoms with Crippen LogP contribution in [0, 0.1) is 0 Å². The largest absolute Gasteiger partial charge is 0.369 e. The molecular formula is C9H21NO2. The maximum absolute atomic E-state index is 11.0. The van der Waals surface area contributed by atoms with Gasteiger partial charge in [-0.25, -0.2) is 0 Å². The van der Waals surface area contributed by atoms with Gasteiger partial charge in [0, 0.05) is 20.7 Å². The van der Waals surface area contributed by atoms with Crippen molar-refractivity contribution in [1.29, 1.82) is 0 Å². The highest BCUT2D eigenvalue weighted by atomic mass is 16.5. The molecule has 3 nitrogen and oxygen atoms in total. The van der Waals surface area contributed by atoms with E-state index in [-0.39, 0.29) is 12.0 Å². The Balaban J connectivity index is 0. The van der Waals surface area contributed by atoms with Gasteiger partial charge < -0.3 is 9.64 Å². The first kappa shape index (κ1) is 14.0. The summed E-state index contributed by atoms with van der Waals surface area (Å²) in [4.78, 5) is 12.6. The zero-order valence-corrected chi connectivity index (χ0v) is 9.05. The molecule has 0 aromatic rings. The van der Waals surface area contributed by atoms with Crippen LogP contribution in [0.15, 0.2) is 0 Å². The molecule has 0 saturated heterocycles. The molecule has 0 aliphatic rings. The van der Waals surface area contributed by atoms with Crippen LogP contribution < -0.4 is 0 Å². The number of hydrogen-bond acceptors (Lipinski definition) is 2. The van der Waals surface area contributed by atoms with E-state index in [9.17, 15) is 4.79 Å². The van der Waals surface area contributed by atoms with Crippen molar-refractivity contribution in [3.63, 3.8) is 0 Å². The Bertz CT molecular complexity index is 113. The van der Waals surface area contributed by atoms with E-state index >= 15 is 0 Å². The second kappa shape index (κ2) is 8.53. The molecule has 0 fully saturated rings. The lowest BCUT2D eigenvalue weighted by Crippen LogP contribution is -2.33. The van der Waals surface area contributed by atoms with Crippen molar-refractivity contribution in [2.75, 3.05) is 20.7 Å². The lowest BCUT2D eigenvalue weighted by atomic mass is 10.3. The number of rotatable bonds is 3. The summed E-state index contributed by atoms with van der Waals surface area (Å²) in [6.45, 7) is 8.21. The van der Waals surface area contributed by atoms with Crippen LogP contribution in [-0.2, 0) is 9.53 Å². The monoisotopic (exact) mass is 175 g/mol. The lowest BCUT2D eigenvalue weighted by molar-refractivity contribution is -0.139. The molecule has 12 heavy (non-hydrogen) atoms. The van der Waals surface area contributed by atoms with Crippen LogP contribution in [-0.4, -0.2) is 37.6 Å². The average Bonchev–Trinajstić information content (AvgIpc) is 2.07.